The number of nitrogens with one attached hydrogen (secondary N) is 1. The smallest absolute Gasteiger partial charge is 0.416 e. The fourth-order valence-corrected chi connectivity index (χ4v) is 1.92. The number of rotatable bonds is 7. The lowest BCUT2D eigenvalue weighted by molar-refractivity contribution is -0.138. The average Bonchev–Trinajstić information content (AvgIpc) is 2.42. The molecule has 0 aliphatic rings. The molecule has 0 bridgehead atoms. The number of nitrogens with two attached hydrogens (primary N) is 1. The maximum absolute atomic E-state index is 12.8. The van der Waals surface area contributed by atoms with Gasteiger partial charge >= 0.3 is 12.1 Å². The highest BCUT2D eigenvalue weighted by Gasteiger charge is 2.36. The predicted molar refractivity (Wildman–Crippen MR) is 72.9 cm³/mol. The minimum atomic E-state index is -4.53. The SMILES string of the molecule is CC(NCCCC(=O)O)(C(N)=O)c1cccc(C(F)(F)F)c1. The van der Waals surface area contributed by atoms with Gasteiger partial charge in [0, 0.05) is 6.42 Å². The summed E-state index contributed by atoms with van der Waals surface area (Å²) in [6.07, 6.45) is -4.43. The van der Waals surface area contributed by atoms with E-state index in [4.69, 9.17) is 10.8 Å². The van der Waals surface area contributed by atoms with Crippen molar-refractivity contribution in [2.75, 3.05) is 6.54 Å². The number of carbonyl (C=O) groups excluding carboxylic acids is 1. The van der Waals surface area contributed by atoms with Crippen LogP contribution in [0.5, 0.6) is 0 Å². The number of hydrogen-bond donors (Lipinski definition) is 3. The van der Waals surface area contributed by atoms with Crippen molar-refractivity contribution in [2.45, 2.75) is 31.5 Å². The third-order valence-electron chi connectivity index (χ3n) is 3.31. The molecule has 8 heteroatoms. The molecular weight excluding hydrogens is 301 g/mol. The number of carbonyl (C=O) groups is 2. The number of hydrogen-bond acceptors (Lipinski definition) is 3. The quantitative estimate of drug-likeness (QED) is 0.669. The first kappa shape index (κ1) is 18.0. The Kier molecular flexibility index (Phi) is 5.54. The lowest BCUT2D eigenvalue weighted by Crippen LogP contribution is -2.50. The van der Waals surface area contributed by atoms with Gasteiger partial charge in [-0.1, -0.05) is 12.1 Å². The first-order valence-corrected chi connectivity index (χ1v) is 6.52. The second-order valence-electron chi connectivity index (χ2n) is 4.99. The number of alkyl halides is 3. The molecule has 0 fully saturated rings. The Hall–Kier alpha value is -2.09. The molecule has 1 rings (SSSR count). The van der Waals surface area contributed by atoms with Gasteiger partial charge < -0.3 is 10.8 Å². The number of halogens is 3. The molecule has 5 nitrogen and oxygen atoms in total. The van der Waals surface area contributed by atoms with Crippen LogP contribution in [0.4, 0.5) is 13.2 Å². The van der Waals surface area contributed by atoms with Crippen molar-refractivity contribution in [3.63, 3.8) is 0 Å². The normalized spacial score (nSPS) is 14.4. The van der Waals surface area contributed by atoms with E-state index < -0.39 is 29.2 Å². The summed E-state index contributed by atoms with van der Waals surface area (Å²) in [5.41, 5.74) is 2.98. The van der Waals surface area contributed by atoms with Gasteiger partial charge in [-0.2, -0.15) is 13.2 Å². The second kappa shape index (κ2) is 6.78. The number of aliphatic carboxylic acids is 1. The van der Waals surface area contributed by atoms with Crippen LogP contribution in [0.15, 0.2) is 24.3 Å². The molecular formula is C14H17F3N2O3. The van der Waals surface area contributed by atoms with Crippen LogP contribution in [0.3, 0.4) is 0 Å². The summed E-state index contributed by atoms with van der Waals surface area (Å²) in [5.74, 6) is -1.84. The molecule has 1 aromatic rings. The molecule has 0 aliphatic carbocycles. The molecule has 0 aromatic heterocycles. The Morgan fingerprint density at radius 1 is 1.27 bits per heavy atom. The van der Waals surface area contributed by atoms with Crippen LogP contribution < -0.4 is 11.1 Å². The van der Waals surface area contributed by atoms with Gasteiger partial charge in [-0.05, 0) is 37.6 Å². The van der Waals surface area contributed by atoms with Gasteiger partial charge in [0.15, 0.2) is 0 Å². The van der Waals surface area contributed by atoms with E-state index in [1.807, 2.05) is 0 Å². The first-order valence-electron chi connectivity index (χ1n) is 6.52. The van der Waals surface area contributed by atoms with E-state index in [1.54, 1.807) is 0 Å². The van der Waals surface area contributed by atoms with Crippen LogP contribution in [-0.4, -0.2) is 23.5 Å². The molecule has 0 spiro atoms. The van der Waals surface area contributed by atoms with Crippen molar-refractivity contribution in [1.82, 2.24) is 5.32 Å². The maximum Gasteiger partial charge on any atom is 0.416 e. The summed E-state index contributed by atoms with van der Waals surface area (Å²) in [6, 6.07) is 4.31. The Labute approximate surface area is 125 Å². The molecule has 22 heavy (non-hydrogen) atoms. The molecule has 0 saturated heterocycles. The number of amides is 1. The molecule has 0 saturated carbocycles. The lowest BCUT2D eigenvalue weighted by atomic mass is 9.89. The van der Waals surface area contributed by atoms with Gasteiger partial charge in [0.05, 0.1) is 5.56 Å². The zero-order valence-electron chi connectivity index (χ0n) is 11.9. The fourth-order valence-electron chi connectivity index (χ4n) is 1.92. The summed E-state index contributed by atoms with van der Waals surface area (Å²) >= 11 is 0. The van der Waals surface area contributed by atoms with Crippen LogP contribution in [0.1, 0.15) is 30.9 Å². The topological polar surface area (TPSA) is 92.4 Å². The molecule has 1 aromatic carbocycles. The van der Waals surface area contributed by atoms with E-state index in [2.05, 4.69) is 5.32 Å². The van der Waals surface area contributed by atoms with E-state index in [-0.39, 0.29) is 24.9 Å². The summed E-state index contributed by atoms with van der Waals surface area (Å²) in [7, 11) is 0. The second-order valence-corrected chi connectivity index (χ2v) is 4.99. The van der Waals surface area contributed by atoms with Gasteiger partial charge in [-0.3, -0.25) is 14.9 Å². The van der Waals surface area contributed by atoms with Crippen molar-refractivity contribution < 1.29 is 27.9 Å². The molecule has 122 valence electrons. The standard InChI is InChI=1S/C14H17F3N2O3/c1-13(12(18)22,19-7-3-6-11(20)21)9-4-2-5-10(8-9)14(15,16)17/h2,4-5,8,19H,3,6-7H2,1H3,(H2,18,22)(H,20,21). The van der Waals surface area contributed by atoms with Crippen LogP contribution in [0.2, 0.25) is 0 Å². The van der Waals surface area contributed by atoms with Gasteiger partial charge in [-0.15, -0.1) is 0 Å². The van der Waals surface area contributed by atoms with Crippen LogP contribution in [0, 0.1) is 0 Å². The van der Waals surface area contributed by atoms with Gasteiger partial charge in [0.25, 0.3) is 0 Å². The fraction of sp³-hybridized carbons (Fsp3) is 0.429. The van der Waals surface area contributed by atoms with E-state index in [9.17, 15) is 22.8 Å². The van der Waals surface area contributed by atoms with E-state index in [0.29, 0.717) is 0 Å². The highest BCUT2D eigenvalue weighted by Crippen LogP contribution is 2.32. The van der Waals surface area contributed by atoms with E-state index >= 15 is 0 Å². The van der Waals surface area contributed by atoms with Crippen LogP contribution in [0.25, 0.3) is 0 Å². The summed E-state index contributed by atoms with van der Waals surface area (Å²) < 4.78 is 38.3. The largest absolute Gasteiger partial charge is 0.481 e. The van der Waals surface area contributed by atoms with Gasteiger partial charge in [-0.25, -0.2) is 0 Å². The third-order valence-corrected chi connectivity index (χ3v) is 3.31. The van der Waals surface area contributed by atoms with Crippen molar-refractivity contribution in [1.29, 1.82) is 0 Å². The Morgan fingerprint density at radius 3 is 2.36 bits per heavy atom. The number of primary amides is 1. The molecule has 1 atom stereocenters. The zero-order chi connectivity index (χ0) is 17.0. The summed E-state index contributed by atoms with van der Waals surface area (Å²) in [6.45, 7) is 1.49. The predicted octanol–water partition coefficient (Wildman–Crippen LogP) is 1.86. The van der Waals surface area contributed by atoms with E-state index in [0.717, 1.165) is 12.1 Å². The Balaban J connectivity index is 2.99. The van der Waals surface area contributed by atoms with Crippen molar-refractivity contribution in [3.8, 4) is 0 Å². The van der Waals surface area contributed by atoms with Gasteiger partial charge in [0.1, 0.15) is 5.54 Å². The highest BCUT2D eigenvalue weighted by molar-refractivity contribution is 5.85. The Morgan fingerprint density at radius 2 is 1.86 bits per heavy atom. The highest BCUT2D eigenvalue weighted by atomic mass is 19.4. The van der Waals surface area contributed by atoms with Crippen molar-refractivity contribution in [2.24, 2.45) is 5.73 Å². The number of benzene rings is 1. The average molecular weight is 318 g/mol. The van der Waals surface area contributed by atoms with Crippen molar-refractivity contribution >= 4 is 11.9 Å². The maximum atomic E-state index is 12.8. The van der Waals surface area contributed by atoms with Crippen LogP contribution in [-0.2, 0) is 21.3 Å². The minimum Gasteiger partial charge on any atom is -0.481 e. The monoisotopic (exact) mass is 318 g/mol. The molecule has 4 N–H and O–H groups in total. The molecule has 0 aliphatic heterocycles. The first-order chi connectivity index (χ1) is 10.1. The van der Waals surface area contributed by atoms with Crippen LogP contribution >= 0.6 is 0 Å². The van der Waals surface area contributed by atoms with E-state index in [1.165, 1.54) is 19.1 Å². The zero-order valence-corrected chi connectivity index (χ0v) is 11.9. The minimum absolute atomic E-state index is 0.0742. The lowest BCUT2D eigenvalue weighted by Gasteiger charge is -2.28. The third kappa shape index (κ3) is 4.45. The van der Waals surface area contributed by atoms with Gasteiger partial charge in [0.2, 0.25) is 5.91 Å². The molecule has 0 heterocycles. The summed E-state index contributed by atoms with van der Waals surface area (Å²) in [5, 5.41) is 11.3. The molecule has 1 unspecified atom stereocenters. The van der Waals surface area contributed by atoms with Crippen molar-refractivity contribution in [3.05, 3.63) is 35.4 Å². The Bertz CT molecular complexity index is 561. The molecule has 1 amide bonds. The summed E-state index contributed by atoms with van der Waals surface area (Å²) in [4.78, 5) is 22.1. The number of carboxylic acids is 1. The number of carboxylic acid groups (broad SMARTS) is 1. The molecule has 0 radical (unpaired) electrons.